The van der Waals surface area contributed by atoms with Gasteiger partial charge in [0.15, 0.2) is 0 Å². The number of carbonyl (C=O) groups excluding carboxylic acids is 1. The van der Waals surface area contributed by atoms with Gasteiger partial charge >= 0.3 is 0 Å². The van der Waals surface area contributed by atoms with Gasteiger partial charge in [-0.15, -0.1) is 24.8 Å². The first kappa shape index (κ1) is 21.8. The van der Waals surface area contributed by atoms with Crippen molar-refractivity contribution in [3.8, 4) is 0 Å². The third kappa shape index (κ3) is 5.11. The van der Waals surface area contributed by atoms with Gasteiger partial charge in [0.05, 0.1) is 6.10 Å². The van der Waals surface area contributed by atoms with Crippen molar-refractivity contribution in [2.24, 2.45) is 11.7 Å². The van der Waals surface area contributed by atoms with E-state index in [0.29, 0.717) is 12.5 Å². The fraction of sp³-hybridized carbons (Fsp3) is 0.500. The fourth-order valence-electron chi connectivity index (χ4n) is 3.13. The Morgan fingerprint density at radius 3 is 2.72 bits per heavy atom. The Hall–Kier alpha value is -1.27. The molecule has 1 aromatic carbocycles. The summed E-state index contributed by atoms with van der Waals surface area (Å²) in [6.45, 7) is 5.87. The lowest BCUT2D eigenvalue weighted by molar-refractivity contribution is -0.126. The Morgan fingerprint density at radius 1 is 1.32 bits per heavy atom. The molecular formula is C18H27Cl2N3O2. The molecule has 1 fully saturated rings. The van der Waals surface area contributed by atoms with Gasteiger partial charge in [-0.1, -0.05) is 13.8 Å². The van der Waals surface area contributed by atoms with Crippen molar-refractivity contribution in [1.82, 2.24) is 4.57 Å². The van der Waals surface area contributed by atoms with Gasteiger partial charge in [-0.2, -0.15) is 0 Å². The van der Waals surface area contributed by atoms with E-state index in [9.17, 15) is 4.79 Å². The predicted octanol–water partition coefficient (Wildman–Crippen LogP) is 3.59. The van der Waals surface area contributed by atoms with Crippen LogP contribution < -0.4 is 11.1 Å². The Labute approximate surface area is 161 Å². The quantitative estimate of drug-likeness (QED) is 0.823. The number of fused-ring (bicyclic) bond motifs is 1. The van der Waals surface area contributed by atoms with Crippen LogP contribution in [-0.4, -0.2) is 29.2 Å². The summed E-state index contributed by atoms with van der Waals surface area (Å²) in [6.07, 6.45) is 3.32. The van der Waals surface area contributed by atoms with E-state index < -0.39 is 0 Å². The molecule has 140 valence electrons. The van der Waals surface area contributed by atoms with Crippen molar-refractivity contribution in [3.63, 3.8) is 0 Å². The van der Waals surface area contributed by atoms with Gasteiger partial charge in [0.25, 0.3) is 5.91 Å². The Kier molecular flexibility index (Phi) is 8.22. The minimum atomic E-state index is -0.384. The molecule has 2 heterocycles. The minimum absolute atomic E-state index is 0. The summed E-state index contributed by atoms with van der Waals surface area (Å²) in [6, 6.07) is 8.11. The largest absolute Gasteiger partial charge is 0.364 e. The van der Waals surface area contributed by atoms with Crippen molar-refractivity contribution in [2.45, 2.75) is 45.4 Å². The van der Waals surface area contributed by atoms with Gasteiger partial charge in [0, 0.05) is 35.9 Å². The van der Waals surface area contributed by atoms with E-state index in [2.05, 4.69) is 42.1 Å². The van der Waals surface area contributed by atoms with E-state index in [-0.39, 0.29) is 42.9 Å². The number of nitrogens with one attached hydrogen (secondary N) is 1. The molecule has 25 heavy (non-hydrogen) atoms. The molecule has 1 aromatic heterocycles. The molecule has 7 heteroatoms. The van der Waals surface area contributed by atoms with Crippen LogP contribution in [0.4, 0.5) is 5.69 Å². The number of carbonyl (C=O) groups is 1. The maximum absolute atomic E-state index is 12.3. The first-order valence-corrected chi connectivity index (χ1v) is 8.32. The van der Waals surface area contributed by atoms with Gasteiger partial charge in [-0.25, -0.2) is 0 Å². The van der Waals surface area contributed by atoms with Crippen LogP contribution in [0.2, 0.25) is 0 Å². The molecule has 3 rings (SSSR count). The van der Waals surface area contributed by atoms with E-state index in [1.165, 1.54) is 5.52 Å². The monoisotopic (exact) mass is 387 g/mol. The molecule has 1 aliphatic rings. The van der Waals surface area contributed by atoms with Crippen LogP contribution in [0.1, 0.15) is 26.7 Å². The normalized spacial score (nSPS) is 19.5. The van der Waals surface area contributed by atoms with Gasteiger partial charge in [0.1, 0.15) is 6.10 Å². The lowest BCUT2D eigenvalue weighted by Crippen LogP contribution is -2.29. The lowest BCUT2D eigenvalue weighted by atomic mass is 10.1. The maximum atomic E-state index is 12.3. The molecule has 0 saturated carbocycles. The first-order chi connectivity index (χ1) is 11.1. The van der Waals surface area contributed by atoms with Crippen LogP contribution >= 0.6 is 24.8 Å². The topological polar surface area (TPSA) is 69.3 Å². The van der Waals surface area contributed by atoms with Crippen LogP contribution in [0.3, 0.4) is 0 Å². The lowest BCUT2D eigenvalue weighted by Gasteiger charge is -2.13. The van der Waals surface area contributed by atoms with E-state index >= 15 is 0 Å². The second-order valence-electron chi connectivity index (χ2n) is 6.68. The van der Waals surface area contributed by atoms with Gasteiger partial charge in [0.2, 0.25) is 0 Å². The summed E-state index contributed by atoms with van der Waals surface area (Å²) in [5, 5.41) is 4.09. The van der Waals surface area contributed by atoms with E-state index in [4.69, 9.17) is 10.5 Å². The fourth-order valence-corrected chi connectivity index (χ4v) is 3.13. The number of hydrogen-bond donors (Lipinski definition) is 2. The molecule has 1 saturated heterocycles. The zero-order valence-electron chi connectivity index (χ0n) is 14.6. The molecule has 0 aliphatic carbocycles. The number of amides is 1. The smallest absolute Gasteiger partial charge is 0.253 e. The number of nitrogens with two attached hydrogens (primary N) is 1. The second-order valence-corrected chi connectivity index (χ2v) is 6.68. The summed E-state index contributed by atoms with van der Waals surface area (Å²) < 4.78 is 7.89. The molecule has 2 atom stereocenters. The third-order valence-corrected chi connectivity index (χ3v) is 4.26. The van der Waals surface area contributed by atoms with Crippen molar-refractivity contribution in [2.75, 3.05) is 11.9 Å². The van der Waals surface area contributed by atoms with Gasteiger partial charge in [-0.3, -0.25) is 4.79 Å². The molecule has 3 N–H and O–H groups in total. The molecule has 5 nitrogen and oxygen atoms in total. The first-order valence-electron chi connectivity index (χ1n) is 8.32. The highest BCUT2D eigenvalue weighted by molar-refractivity contribution is 5.96. The summed E-state index contributed by atoms with van der Waals surface area (Å²) in [5.74, 6) is 0.516. The standard InChI is InChI=1S/C18H25N3O2.2ClH/c1-12(2)11-21-8-7-13-9-14(3-5-16(13)21)20-18(22)17-6-4-15(10-19)23-17;;/h3,5,7-9,12,15,17H,4,6,10-11,19H2,1-2H3,(H,20,22);2*1H/t15-,17+;;/m1../s1. The number of aromatic nitrogens is 1. The SMILES string of the molecule is CC(C)Cn1ccc2cc(NC(=O)[C@@H]3CC[C@H](CN)O3)ccc21.Cl.Cl. The number of ether oxygens (including phenoxy) is 1. The van der Waals surface area contributed by atoms with E-state index in [1.807, 2.05) is 12.1 Å². The van der Waals surface area contributed by atoms with Gasteiger partial charge in [-0.05, 0) is 43.0 Å². The van der Waals surface area contributed by atoms with Crippen molar-refractivity contribution >= 4 is 47.3 Å². The molecule has 1 amide bonds. The number of rotatable bonds is 5. The molecule has 0 radical (unpaired) electrons. The Bertz CT molecular complexity index is 703. The Balaban J connectivity index is 0.00000156. The molecule has 0 bridgehead atoms. The van der Waals surface area contributed by atoms with E-state index in [1.54, 1.807) is 0 Å². The zero-order valence-corrected chi connectivity index (χ0v) is 16.2. The summed E-state index contributed by atoms with van der Waals surface area (Å²) in [5.41, 5.74) is 7.59. The molecule has 0 spiro atoms. The summed E-state index contributed by atoms with van der Waals surface area (Å²) in [4.78, 5) is 12.3. The van der Waals surface area contributed by atoms with Crippen LogP contribution in [-0.2, 0) is 16.1 Å². The highest BCUT2D eigenvalue weighted by Gasteiger charge is 2.29. The second kappa shape index (κ2) is 9.43. The van der Waals surface area contributed by atoms with Gasteiger partial charge < -0.3 is 20.4 Å². The van der Waals surface area contributed by atoms with Crippen molar-refractivity contribution < 1.29 is 9.53 Å². The molecule has 0 unspecified atom stereocenters. The number of nitrogens with zero attached hydrogens (tertiary/aromatic N) is 1. The summed E-state index contributed by atoms with van der Waals surface area (Å²) >= 11 is 0. The summed E-state index contributed by atoms with van der Waals surface area (Å²) in [7, 11) is 0. The van der Waals surface area contributed by atoms with Crippen LogP contribution in [0.15, 0.2) is 30.5 Å². The van der Waals surface area contributed by atoms with Crippen LogP contribution in [0.5, 0.6) is 0 Å². The molecule has 2 aromatic rings. The minimum Gasteiger partial charge on any atom is -0.364 e. The van der Waals surface area contributed by atoms with Crippen molar-refractivity contribution in [1.29, 1.82) is 0 Å². The predicted molar refractivity (Wildman–Crippen MR) is 107 cm³/mol. The average molecular weight is 388 g/mol. The Morgan fingerprint density at radius 2 is 2.08 bits per heavy atom. The van der Waals surface area contributed by atoms with Crippen molar-refractivity contribution in [3.05, 3.63) is 30.5 Å². The highest BCUT2D eigenvalue weighted by Crippen LogP contribution is 2.24. The number of benzene rings is 1. The number of halogens is 2. The van der Waals surface area contributed by atoms with Crippen LogP contribution in [0.25, 0.3) is 10.9 Å². The third-order valence-electron chi connectivity index (χ3n) is 4.26. The van der Waals surface area contributed by atoms with Crippen LogP contribution in [0, 0.1) is 5.92 Å². The molecular weight excluding hydrogens is 361 g/mol. The molecule has 1 aliphatic heterocycles. The maximum Gasteiger partial charge on any atom is 0.253 e. The zero-order chi connectivity index (χ0) is 16.4. The average Bonchev–Trinajstić information content (AvgIpc) is 3.14. The number of hydrogen-bond acceptors (Lipinski definition) is 3. The number of anilines is 1. The highest BCUT2D eigenvalue weighted by atomic mass is 35.5. The van der Waals surface area contributed by atoms with E-state index in [0.717, 1.165) is 30.5 Å².